The molecule has 6 heteroatoms. The monoisotopic (exact) mass is 618 g/mol. The Kier molecular flexibility index (Phi) is 6.68. The maximum Gasteiger partial charge on any atom is 0.245 e. The van der Waals surface area contributed by atoms with E-state index < -0.39 is 0 Å². The van der Waals surface area contributed by atoms with Crippen LogP contribution in [0.15, 0.2) is 167 Å². The van der Waals surface area contributed by atoms with Crippen LogP contribution in [0.2, 0.25) is 0 Å². The van der Waals surface area contributed by atoms with Crippen molar-refractivity contribution in [3.63, 3.8) is 0 Å². The van der Waals surface area contributed by atoms with Gasteiger partial charge in [0.2, 0.25) is 11.8 Å². The van der Waals surface area contributed by atoms with Gasteiger partial charge in [-0.3, -0.25) is 0 Å². The lowest BCUT2D eigenvalue weighted by molar-refractivity contribution is 0.572. The van der Waals surface area contributed by atoms with Gasteiger partial charge in [0.25, 0.3) is 0 Å². The van der Waals surface area contributed by atoms with Gasteiger partial charge in [-0.25, -0.2) is 19.9 Å². The molecule has 0 N–H and O–H groups in total. The van der Waals surface area contributed by atoms with E-state index in [1.54, 1.807) is 24.9 Å². The summed E-state index contributed by atoms with van der Waals surface area (Å²) in [6.45, 7) is 0. The molecule has 0 radical (unpaired) electrons. The van der Waals surface area contributed by atoms with Gasteiger partial charge in [-0.1, -0.05) is 103 Å². The zero-order valence-corrected chi connectivity index (χ0v) is 25.6. The molecule has 0 saturated carbocycles. The lowest BCUT2D eigenvalue weighted by Crippen LogP contribution is -1.96. The Bertz CT molecular complexity index is 2560. The van der Waals surface area contributed by atoms with Gasteiger partial charge >= 0.3 is 0 Å². The molecule has 0 fully saturated rings. The number of rotatable bonds is 6. The molecule has 0 amide bonds. The van der Waals surface area contributed by atoms with Gasteiger partial charge in [0.05, 0.1) is 23.8 Å². The molecule has 5 aromatic carbocycles. The molecular formula is C42H26N4O2. The Morgan fingerprint density at radius 1 is 0.375 bits per heavy atom. The summed E-state index contributed by atoms with van der Waals surface area (Å²) in [5.41, 5.74) is 9.66. The van der Waals surface area contributed by atoms with Gasteiger partial charge in [-0.2, -0.15) is 0 Å². The molecule has 48 heavy (non-hydrogen) atoms. The molecule has 226 valence electrons. The SMILES string of the molecule is c1ccc(-c2ccccc2-c2ccc3c(-c4cccc(-c5ncco5)n4)c4ccccc4c(-c4cccc(-c5ncco5)n4)c3c2)cc1. The highest BCUT2D eigenvalue weighted by atomic mass is 16.3. The summed E-state index contributed by atoms with van der Waals surface area (Å²) in [7, 11) is 0. The van der Waals surface area contributed by atoms with Gasteiger partial charge in [0, 0.05) is 11.1 Å². The van der Waals surface area contributed by atoms with Crippen LogP contribution in [0.4, 0.5) is 0 Å². The minimum absolute atomic E-state index is 0.479. The van der Waals surface area contributed by atoms with Gasteiger partial charge in [0.1, 0.15) is 23.9 Å². The first-order chi connectivity index (χ1) is 23.8. The van der Waals surface area contributed by atoms with E-state index in [1.165, 1.54) is 11.1 Å². The van der Waals surface area contributed by atoms with Crippen LogP contribution in [0.1, 0.15) is 0 Å². The molecular weight excluding hydrogens is 592 g/mol. The van der Waals surface area contributed by atoms with Gasteiger partial charge in [-0.05, 0) is 74.1 Å². The van der Waals surface area contributed by atoms with Crippen LogP contribution >= 0.6 is 0 Å². The van der Waals surface area contributed by atoms with E-state index in [1.807, 2.05) is 36.4 Å². The largest absolute Gasteiger partial charge is 0.443 e. The van der Waals surface area contributed by atoms with E-state index in [9.17, 15) is 0 Å². The second-order valence-electron chi connectivity index (χ2n) is 11.5. The van der Waals surface area contributed by atoms with E-state index in [0.29, 0.717) is 23.2 Å². The maximum absolute atomic E-state index is 5.64. The molecule has 0 aliphatic rings. The van der Waals surface area contributed by atoms with Crippen LogP contribution < -0.4 is 0 Å². The maximum atomic E-state index is 5.64. The molecule has 0 bridgehead atoms. The lowest BCUT2D eigenvalue weighted by Gasteiger charge is -2.19. The molecule has 0 atom stereocenters. The van der Waals surface area contributed by atoms with Crippen LogP contribution in [-0.4, -0.2) is 19.9 Å². The summed E-state index contributed by atoms with van der Waals surface area (Å²) in [6.07, 6.45) is 6.41. The Labute approximate surface area is 276 Å². The van der Waals surface area contributed by atoms with Crippen LogP contribution in [0.3, 0.4) is 0 Å². The topological polar surface area (TPSA) is 77.8 Å². The quantitative estimate of drug-likeness (QED) is 0.173. The lowest BCUT2D eigenvalue weighted by atomic mass is 9.86. The zero-order valence-electron chi connectivity index (χ0n) is 25.6. The number of fused-ring (bicyclic) bond motifs is 2. The van der Waals surface area contributed by atoms with E-state index in [-0.39, 0.29) is 0 Å². The van der Waals surface area contributed by atoms with Crippen molar-refractivity contribution in [2.24, 2.45) is 0 Å². The van der Waals surface area contributed by atoms with Crippen molar-refractivity contribution in [1.82, 2.24) is 19.9 Å². The molecule has 0 saturated heterocycles. The molecule has 9 aromatic rings. The molecule has 9 rings (SSSR count). The Morgan fingerprint density at radius 2 is 0.875 bits per heavy atom. The predicted molar refractivity (Wildman–Crippen MR) is 190 cm³/mol. The van der Waals surface area contributed by atoms with E-state index in [2.05, 4.69) is 107 Å². The molecule has 0 aliphatic heterocycles. The van der Waals surface area contributed by atoms with Crippen LogP contribution in [0, 0.1) is 0 Å². The number of aromatic nitrogens is 4. The van der Waals surface area contributed by atoms with Crippen molar-refractivity contribution in [2.45, 2.75) is 0 Å². The van der Waals surface area contributed by atoms with Crippen molar-refractivity contribution >= 4 is 21.5 Å². The number of hydrogen-bond donors (Lipinski definition) is 0. The average molecular weight is 619 g/mol. The van der Waals surface area contributed by atoms with Crippen molar-refractivity contribution in [2.75, 3.05) is 0 Å². The van der Waals surface area contributed by atoms with E-state index in [4.69, 9.17) is 18.8 Å². The first kappa shape index (κ1) is 27.6. The van der Waals surface area contributed by atoms with Crippen LogP contribution in [-0.2, 0) is 0 Å². The fourth-order valence-electron chi connectivity index (χ4n) is 6.59. The molecule has 4 aromatic heterocycles. The molecule has 0 spiro atoms. The van der Waals surface area contributed by atoms with E-state index in [0.717, 1.165) is 55.2 Å². The van der Waals surface area contributed by atoms with Crippen molar-refractivity contribution in [3.05, 3.63) is 158 Å². The standard InChI is InChI=1S/C42H26N4O2/c1-2-10-27(11-3-1)29-12-4-5-13-30(29)28-20-21-33-34(26-28)40(36-17-9-19-38(46-36)42-44-23-25-48-42)32-15-7-6-14-31(32)39(33)35-16-8-18-37(45-35)41-43-22-24-47-41/h1-26H. The minimum atomic E-state index is 0.479. The third kappa shape index (κ3) is 4.75. The normalized spacial score (nSPS) is 11.3. The fourth-order valence-corrected chi connectivity index (χ4v) is 6.59. The summed E-state index contributed by atoms with van der Waals surface area (Å²) in [6, 6.07) is 46.2. The Hall–Kier alpha value is -6.66. The van der Waals surface area contributed by atoms with Gasteiger partial charge < -0.3 is 8.83 Å². The van der Waals surface area contributed by atoms with Crippen LogP contribution in [0.5, 0.6) is 0 Å². The predicted octanol–water partition coefficient (Wildman–Crippen LogP) is 10.8. The minimum Gasteiger partial charge on any atom is -0.443 e. The second kappa shape index (κ2) is 11.6. The summed E-state index contributed by atoms with van der Waals surface area (Å²) in [5, 5.41) is 4.25. The van der Waals surface area contributed by atoms with E-state index >= 15 is 0 Å². The third-order valence-corrected chi connectivity index (χ3v) is 8.66. The fraction of sp³-hybridized carbons (Fsp3) is 0. The number of benzene rings is 5. The van der Waals surface area contributed by atoms with Crippen LogP contribution in [0.25, 0.3) is 89.5 Å². The number of pyridine rings is 2. The summed E-state index contributed by atoms with van der Waals surface area (Å²) < 4.78 is 11.3. The molecule has 4 heterocycles. The highest BCUT2D eigenvalue weighted by Crippen LogP contribution is 2.45. The number of oxazole rings is 2. The number of hydrogen-bond acceptors (Lipinski definition) is 6. The smallest absolute Gasteiger partial charge is 0.245 e. The number of nitrogens with zero attached hydrogens (tertiary/aromatic N) is 4. The highest BCUT2D eigenvalue weighted by Gasteiger charge is 2.21. The zero-order chi connectivity index (χ0) is 31.9. The molecule has 6 nitrogen and oxygen atoms in total. The first-order valence-corrected chi connectivity index (χ1v) is 15.7. The Morgan fingerprint density at radius 3 is 1.46 bits per heavy atom. The van der Waals surface area contributed by atoms with Crippen molar-refractivity contribution in [3.8, 4) is 67.9 Å². The van der Waals surface area contributed by atoms with Gasteiger partial charge in [-0.15, -0.1) is 0 Å². The third-order valence-electron chi connectivity index (χ3n) is 8.66. The van der Waals surface area contributed by atoms with Gasteiger partial charge in [0.15, 0.2) is 0 Å². The molecule has 0 unspecified atom stereocenters. The van der Waals surface area contributed by atoms with Crippen molar-refractivity contribution < 1.29 is 8.83 Å². The second-order valence-corrected chi connectivity index (χ2v) is 11.5. The first-order valence-electron chi connectivity index (χ1n) is 15.7. The average Bonchev–Trinajstić information content (AvgIpc) is 3.90. The summed E-state index contributed by atoms with van der Waals surface area (Å²) >= 11 is 0. The summed E-state index contributed by atoms with van der Waals surface area (Å²) in [5.74, 6) is 0.960. The van der Waals surface area contributed by atoms with Crippen molar-refractivity contribution in [1.29, 1.82) is 0 Å². The molecule has 0 aliphatic carbocycles. The Balaban J connectivity index is 1.36. The highest BCUT2D eigenvalue weighted by molar-refractivity contribution is 6.21. The summed E-state index contributed by atoms with van der Waals surface area (Å²) in [4.78, 5) is 18.9.